The molecule has 0 bridgehead atoms. The van der Waals surface area contributed by atoms with Gasteiger partial charge < -0.3 is 10.6 Å². The zero-order valence-electron chi connectivity index (χ0n) is 12.7. The van der Waals surface area contributed by atoms with E-state index in [9.17, 15) is 0 Å². The topological polar surface area (TPSA) is 42.2 Å². The molecule has 1 atom stereocenters. The molecular weight excluding hydrogens is 254 g/mol. The van der Waals surface area contributed by atoms with Crippen LogP contribution in [0.1, 0.15) is 55.7 Å². The summed E-state index contributed by atoms with van der Waals surface area (Å²) in [5, 5.41) is 1.27. The smallest absolute Gasteiger partial charge is 0.0944 e. The summed E-state index contributed by atoms with van der Waals surface area (Å²) in [6.45, 7) is 12.4. The van der Waals surface area contributed by atoms with E-state index in [-0.39, 0.29) is 6.04 Å². The summed E-state index contributed by atoms with van der Waals surface area (Å²) < 4.78 is 0. The van der Waals surface area contributed by atoms with Gasteiger partial charge in [0.1, 0.15) is 0 Å². The Labute approximate surface area is 121 Å². The average Bonchev–Trinajstić information content (AvgIpc) is 2.72. The molecule has 1 aliphatic rings. The van der Waals surface area contributed by atoms with Crippen LogP contribution in [-0.4, -0.2) is 29.5 Å². The molecule has 1 aliphatic carbocycles. The van der Waals surface area contributed by atoms with Gasteiger partial charge in [-0.15, -0.1) is 11.3 Å². The highest BCUT2D eigenvalue weighted by Crippen LogP contribution is 2.41. The van der Waals surface area contributed by atoms with Crippen molar-refractivity contribution in [1.29, 1.82) is 0 Å². The van der Waals surface area contributed by atoms with Crippen molar-refractivity contribution in [3.63, 3.8) is 0 Å². The van der Waals surface area contributed by atoms with E-state index in [4.69, 9.17) is 10.7 Å². The Bertz CT molecular complexity index is 421. The lowest BCUT2D eigenvalue weighted by molar-refractivity contribution is 0.282. The molecule has 4 heteroatoms. The third-order valence-corrected chi connectivity index (χ3v) is 5.35. The lowest BCUT2D eigenvalue weighted by Crippen LogP contribution is -2.28. The summed E-state index contributed by atoms with van der Waals surface area (Å²) in [5.41, 5.74) is 7.87. The molecule has 3 nitrogen and oxygen atoms in total. The second-order valence-corrected chi connectivity index (χ2v) is 7.46. The molecule has 1 aromatic rings. The Balaban J connectivity index is 2.06. The minimum atomic E-state index is 0.193. The normalized spacial score (nSPS) is 21.7. The fourth-order valence-corrected chi connectivity index (χ4v) is 4.02. The van der Waals surface area contributed by atoms with Crippen LogP contribution >= 0.6 is 11.3 Å². The zero-order valence-corrected chi connectivity index (χ0v) is 13.5. The Morgan fingerprint density at radius 3 is 2.68 bits per heavy atom. The van der Waals surface area contributed by atoms with E-state index >= 15 is 0 Å². The van der Waals surface area contributed by atoms with Crippen LogP contribution in [0.5, 0.6) is 0 Å². The van der Waals surface area contributed by atoms with E-state index in [0.29, 0.717) is 5.41 Å². The maximum Gasteiger partial charge on any atom is 0.0944 e. The molecule has 0 saturated carbocycles. The van der Waals surface area contributed by atoms with Gasteiger partial charge in [-0.2, -0.15) is 0 Å². The van der Waals surface area contributed by atoms with Crippen LogP contribution in [0.15, 0.2) is 0 Å². The molecule has 0 amide bonds. The second-order valence-electron chi connectivity index (χ2n) is 6.35. The van der Waals surface area contributed by atoms with Gasteiger partial charge in [-0.1, -0.05) is 27.7 Å². The van der Waals surface area contributed by atoms with Crippen molar-refractivity contribution in [2.24, 2.45) is 11.1 Å². The number of aromatic nitrogens is 1. The summed E-state index contributed by atoms with van der Waals surface area (Å²) in [5.74, 6) is 0. The fourth-order valence-electron chi connectivity index (χ4n) is 2.94. The van der Waals surface area contributed by atoms with Gasteiger partial charge in [0, 0.05) is 23.9 Å². The van der Waals surface area contributed by atoms with Gasteiger partial charge in [-0.25, -0.2) is 4.98 Å². The van der Waals surface area contributed by atoms with Crippen molar-refractivity contribution in [2.75, 3.05) is 19.6 Å². The minimum absolute atomic E-state index is 0.193. The summed E-state index contributed by atoms with van der Waals surface area (Å²) in [7, 11) is 0. The maximum absolute atomic E-state index is 6.30. The van der Waals surface area contributed by atoms with Crippen molar-refractivity contribution in [1.82, 2.24) is 9.88 Å². The number of nitrogens with two attached hydrogens (primary N) is 1. The lowest BCUT2D eigenvalue weighted by Gasteiger charge is -2.32. The maximum atomic E-state index is 6.30. The summed E-state index contributed by atoms with van der Waals surface area (Å²) in [4.78, 5) is 8.64. The van der Waals surface area contributed by atoms with Crippen molar-refractivity contribution in [3.05, 3.63) is 15.6 Å². The van der Waals surface area contributed by atoms with Gasteiger partial charge in [-0.05, 0) is 31.3 Å². The highest BCUT2D eigenvalue weighted by atomic mass is 32.1. The van der Waals surface area contributed by atoms with Crippen LogP contribution in [0.2, 0.25) is 0 Å². The summed E-state index contributed by atoms with van der Waals surface area (Å²) in [6, 6.07) is 0.193. The first kappa shape index (κ1) is 14.9. The third-order valence-electron chi connectivity index (χ3n) is 4.06. The van der Waals surface area contributed by atoms with E-state index in [1.165, 1.54) is 15.6 Å². The van der Waals surface area contributed by atoms with E-state index in [0.717, 1.165) is 38.9 Å². The van der Waals surface area contributed by atoms with E-state index in [1.807, 2.05) is 11.3 Å². The van der Waals surface area contributed by atoms with Crippen LogP contribution < -0.4 is 5.73 Å². The van der Waals surface area contributed by atoms with Crippen LogP contribution in [-0.2, 0) is 12.8 Å². The molecular formula is C15H27N3S. The second kappa shape index (κ2) is 5.90. The fraction of sp³-hybridized carbons (Fsp3) is 0.800. The SMILES string of the molecule is CCN(CC)CCc1nc2c(s1)C(N)CC(C)(C)C2. The molecule has 1 aromatic heterocycles. The van der Waals surface area contributed by atoms with Gasteiger partial charge >= 0.3 is 0 Å². The Hall–Kier alpha value is -0.450. The molecule has 1 heterocycles. The number of rotatable bonds is 5. The zero-order chi connectivity index (χ0) is 14.0. The largest absolute Gasteiger partial charge is 0.323 e. The van der Waals surface area contributed by atoms with Crippen molar-refractivity contribution in [2.45, 2.75) is 53.0 Å². The Morgan fingerprint density at radius 2 is 2.05 bits per heavy atom. The van der Waals surface area contributed by atoms with Gasteiger partial charge in [0.05, 0.1) is 10.7 Å². The molecule has 0 aliphatic heterocycles. The first-order chi connectivity index (χ1) is 8.95. The predicted molar refractivity (Wildman–Crippen MR) is 82.6 cm³/mol. The number of fused-ring (bicyclic) bond motifs is 1. The number of hydrogen-bond acceptors (Lipinski definition) is 4. The van der Waals surface area contributed by atoms with Crippen molar-refractivity contribution >= 4 is 11.3 Å². The van der Waals surface area contributed by atoms with Gasteiger partial charge in [-0.3, -0.25) is 0 Å². The highest BCUT2D eigenvalue weighted by molar-refractivity contribution is 7.11. The van der Waals surface area contributed by atoms with Crippen LogP contribution in [0.4, 0.5) is 0 Å². The molecule has 1 unspecified atom stereocenters. The van der Waals surface area contributed by atoms with Crippen molar-refractivity contribution in [3.8, 4) is 0 Å². The molecule has 108 valence electrons. The standard InChI is InChI=1S/C15H27N3S/c1-5-18(6-2)8-7-13-17-12-10-15(3,4)9-11(16)14(12)19-13/h11H,5-10,16H2,1-4H3. The predicted octanol–water partition coefficient (Wildman–Crippen LogP) is 3.00. The number of thiazole rings is 1. The first-order valence-electron chi connectivity index (χ1n) is 7.41. The third kappa shape index (κ3) is 3.56. The van der Waals surface area contributed by atoms with Gasteiger partial charge in [0.25, 0.3) is 0 Å². The molecule has 2 N–H and O–H groups in total. The number of hydrogen-bond donors (Lipinski definition) is 1. The van der Waals surface area contributed by atoms with Crippen LogP contribution in [0, 0.1) is 5.41 Å². The molecule has 0 aromatic carbocycles. The molecule has 0 spiro atoms. The minimum Gasteiger partial charge on any atom is -0.323 e. The van der Waals surface area contributed by atoms with Crippen LogP contribution in [0.25, 0.3) is 0 Å². The highest BCUT2D eigenvalue weighted by Gasteiger charge is 2.33. The van der Waals surface area contributed by atoms with Crippen LogP contribution in [0.3, 0.4) is 0 Å². The van der Waals surface area contributed by atoms with E-state index in [2.05, 4.69) is 32.6 Å². The quantitative estimate of drug-likeness (QED) is 0.902. The monoisotopic (exact) mass is 281 g/mol. The molecule has 2 rings (SSSR count). The summed E-state index contributed by atoms with van der Waals surface area (Å²) >= 11 is 1.84. The van der Waals surface area contributed by atoms with E-state index in [1.54, 1.807) is 0 Å². The molecule has 0 saturated heterocycles. The van der Waals surface area contributed by atoms with Crippen molar-refractivity contribution < 1.29 is 0 Å². The van der Waals surface area contributed by atoms with Gasteiger partial charge in [0.15, 0.2) is 0 Å². The molecule has 0 fully saturated rings. The Morgan fingerprint density at radius 1 is 1.37 bits per heavy atom. The van der Waals surface area contributed by atoms with Gasteiger partial charge in [0.2, 0.25) is 0 Å². The number of likely N-dealkylation sites (N-methyl/N-ethyl adjacent to an activating group) is 1. The lowest BCUT2D eigenvalue weighted by atomic mass is 9.77. The molecule has 0 radical (unpaired) electrons. The average molecular weight is 281 g/mol. The van der Waals surface area contributed by atoms with E-state index < -0.39 is 0 Å². The Kier molecular flexibility index (Phi) is 4.64. The first-order valence-corrected chi connectivity index (χ1v) is 8.23. The molecule has 19 heavy (non-hydrogen) atoms. The summed E-state index contributed by atoms with van der Waals surface area (Å²) in [6.07, 6.45) is 3.22. The number of nitrogens with zero attached hydrogens (tertiary/aromatic N) is 2.